The number of aromatic nitrogens is 1. The maximum Gasteiger partial charge on any atom is 0.338 e. The minimum atomic E-state index is -0.837. The van der Waals surface area contributed by atoms with E-state index in [1.54, 1.807) is 57.1 Å². The molecule has 0 aliphatic carbocycles. The topological polar surface area (TPSA) is 97.6 Å². The van der Waals surface area contributed by atoms with E-state index in [4.69, 9.17) is 28.7 Å². The number of hydrogen-bond acceptors (Lipinski definition) is 9. The zero-order valence-electron chi connectivity index (χ0n) is 26.9. The number of fused-ring (bicyclic) bond motifs is 1. The average Bonchev–Trinajstić information content (AvgIpc) is 3.37. The molecule has 0 saturated heterocycles. The van der Waals surface area contributed by atoms with Crippen molar-refractivity contribution < 1.29 is 28.5 Å². The number of hydrogen-bond donors (Lipinski definition) is 0. The lowest BCUT2D eigenvalue weighted by atomic mass is 9.93. The lowest BCUT2D eigenvalue weighted by Gasteiger charge is -2.27. The van der Waals surface area contributed by atoms with Crippen LogP contribution in [0.1, 0.15) is 55.0 Å². The molecular formula is C36H38N2O7S. The summed E-state index contributed by atoms with van der Waals surface area (Å²) in [7, 11) is 4.70. The molecule has 10 heteroatoms. The highest BCUT2D eigenvalue weighted by Crippen LogP contribution is 2.39. The summed E-state index contributed by atoms with van der Waals surface area (Å²) in [5, 5.41) is 0. The van der Waals surface area contributed by atoms with Gasteiger partial charge in [-0.1, -0.05) is 60.6 Å². The Kier molecular flexibility index (Phi) is 10.3. The number of carbonyl (C=O) groups excluding carboxylic acids is 1. The predicted molar refractivity (Wildman–Crippen MR) is 178 cm³/mol. The van der Waals surface area contributed by atoms with E-state index in [9.17, 15) is 9.59 Å². The average molecular weight is 643 g/mol. The fourth-order valence-corrected chi connectivity index (χ4v) is 6.38. The maximum atomic E-state index is 14.2. The molecule has 0 N–H and O–H groups in total. The van der Waals surface area contributed by atoms with Crippen LogP contribution in [0.25, 0.3) is 6.08 Å². The van der Waals surface area contributed by atoms with Crippen molar-refractivity contribution in [1.29, 1.82) is 0 Å². The van der Waals surface area contributed by atoms with Crippen LogP contribution >= 0.6 is 11.3 Å². The molecular weight excluding hydrogens is 604 g/mol. The molecule has 0 unspecified atom stereocenters. The van der Waals surface area contributed by atoms with Gasteiger partial charge in [-0.15, -0.1) is 0 Å². The van der Waals surface area contributed by atoms with Crippen LogP contribution in [0, 0.1) is 6.92 Å². The van der Waals surface area contributed by atoms with Crippen molar-refractivity contribution in [2.24, 2.45) is 4.99 Å². The van der Waals surface area contributed by atoms with Gasteiger partial charge in [-0.25, -0.2) is 9.79 Å². The van der Waals surface area contributed by atoms with Gasteiger partial charge in [-0.2, -0.15) is 0 Å². The number of thiazole rings is 1. The van der Waals surface area contributed by atoms with Crippen molar-refractivity contribution in [1.82, 2.24) is 4.57 Å². The molecule has 240 valence electrons. The summed E-state index contributed by atoms with van der Waals surface area (Å²) in [6, 6.07) is 18.2. The van der Waals surface area contributed by atoms with Gasteiger partial charge in [0.15, 0.2) is 16.3 Å². The zero-order valence-corrected chi connectivity index (χ0v) is 27.7. The second-order valence-corrected chi connectivity index (χ2v) is 11.7. The minimum Gasteiger partial charge on any atom is -0.497 e. The van der Waals surface area contributed by atoms with E-state index < -0.39 is 12.0 Å². The quantitative estimate of drug-likeness (QED) is 0.189. The number of benzene rings is 3. The Morgan fingerprint density at radius 1 is 0.935 bits per heavy atom. The minimum absolute atomic E-state index is 0.181. The van der Waals surface area contributed by atoms with Gasteiger partial charge in [0.05, 0.1) is 43.7 Å². The molecule has 3 aromatic carbocycles. The van der Waals surface area contributed by atoms with Crippen LogP contribution in [0.2, 0.25) is 0 Å². The lowest BCUT2D eigenvalue weighted by molar-refractivity contribution is -0.139. The zero-order chi connectivity index (χ0) is 32.8. The Hall–Kier alpha value is -4.83. The number of aryl methyl sites for hydroxylation is 1. The summed E-state index contributed by atoms with van der Waals surface area (Å²) < 4.78 is 30.4. The summed E-state index contributed by atoms with van der Waals surface area (Å²) in [5.74, 6) is 1.68. The molecule has 2 heterocycles. The summed E-state index contributed by atoms with van der Waals surface area (Å²) in [6.07, 6.45) is 3.07. The van der Waals surface area contributed by atoms with E-state index in [1.165, 1.54) is 16.9 Å². The van der Waals surface area contributed by atoms with Crippen LogP contribution in [0.5, 0.6) is 23.0 Å². The van der Waals surface area contributed by atoms with E-state index >= 15 is 0 Å². The molecule has 0 saturated carbocycles. The first kappa shape index (κ1) is 32.6. The van der Waals surface area contributed by atoms with Gasteiger partial charge < -0.3 is 23.7 Å². The number of allylic oxidation sites excluding steroid dienone is 1. The molecule has 9 nitrogen and oxygen atoms in total. The lowest BCUT2D eigenvalue weighted by Crippen LogP contribution is -2.40. The van der Waals surface area contributed by atoms with Crippen LogP contribution in [0.15, 0.2) is 81.7 Å². The third-order valence-electron chi connectivity index (χ3n) is 7.62. The van der Waals surface area contributed by atoms with Crippen molar-refractivity contribution in [3.63, 3.8) is 0 Å². The van der Waals surface area contributed by atoms with E-state index in [1.807, 2.05) is 56.3 Å². The number of ether oxygens (including phenoxy) is 5. The van der Waals surface area contributed by atoms with Crippen LogP contribution in [0.3, 0.4) is 0 Å². The highest BCUT2D eigenvalue weighted by Gasteiger charge is 2.36. The van der Waals surface area contributed by atoms with Gasteiger partial charge in [0.2, 0.25) is 0 Å². The monoisotopic (exact) mass is 642 g/mol. The standard InChI is InChI=1S/C36H38N2O7S/c1-7-9-27-32(35(40)44-8-2)33(26-20-25(41-4)15-17-28(26)42-5)38-34(39)31(46-36(38)37-27)19-24-14-16-29(30(18-24)43-6)45-21-23-12-10-22(3)11-13-23/h10-20,33H,7-9,21H2,1-6H3/b31-19-/t33-/m0/s1. The third-order valence-corrected chi connectivity index (χ3v) is 8.61. The molecule has 0 radical (unpaired) electrons. The van der Waals surface area contributed by atoms with Gasteiger partial charge in [0.1, 0.15) is 24.1 Å². The van der Waals surface area contributed by atoms with Crippen LogP contribution < -0.4 is 33.8 Å². The molecule has 4 aromatic rings. The van der Waals surface area contributed by atoms with Gasteiger partial charge in [-0.05, 0) is 67.8 Å². The van der Waals surface area contributed by atoms with Crippen LogP contribution in [0.4, 0.5) is 0 Å². The van der Waals surface area contributed by atoms with Gasteiger partial charge >= 0.3 is 5.97 Å². The molecule has 5 rings (SSSR count). The number of rotatable bonds is 12. The van der Waals surface area contributed by atoms with Crippen LogP contribution in [-0.4, -0.2) is 38.5 Å². The first-order valence-corrected chi connectivity index (χ1v) is 15.9. The smallest absolute Gasteiger partial charge is 0.338 e. The van der Waals surface area contributed by atoms with Gasteiger partial charge in [0, 0.05) is 5.56 Å². The molecule has 0 spiro atoms. The highest BCUT2D eigenvalue weighted by molar-refractivity contribution is 7.07. The first-order valence-electron chi connectivity index (χ1n) is 15.1. The van der Waals surface area contributed by atoms with E-state index in [2.05, 4.69) is 0 Å². The highest BCUT2D eigenvalue weighted by atomic mass is 32.1. The Morgan fingerprint density at radius 2 is 1.67 bits per heavy atom. The molecule has 1 aliphatic heterocycles. The normalized spacial score (nSPS) is 14.4. The van der Waals surface area contributed by atoms with Gasteiger partial charge in [-0.3, -0.25) is 9.36 Å². The maximum absolute atomic E-state index is 14.2. The second kappa shape index (κ2) is 14.5. The Bertz CT molecular complexity index is 1940. The molecule has 0 amide bonds. The number of carbonyl (C=O) groups is 1. The Morgan fingerprint density at radius 3 is 2.35 bits per heavy atom. The number of methoxy groups -OCH3 is 3. The molecule has 1 atom stereocenters. The Balaban J connectivity index is 1.62. The van der Waals surface area contributed by atoms with Crippen molar-refractivity contribution in [3.05, 3.63) is 114 Å². The van der Waals surface area contributed by atoms with E-state index in [-0.39, 0.29) is 12.2 Å². The molecule has 1 aliphatic rings. The molecule has 0 fully saturated rings. The second-order valence-electron chi connectivity index (χ2n) is 10.7. The summed E-state index contributed by atoms with van der Waals surface area (Å²) in [6.45, 7) is 6.39. The fraction of sp³-hybridized carbons (Fsp3) is 0.306. The molecule has 46 heavy (non-hydrogen) atoms. The van der Waals surface area contributed by atoms with Crippen LogP contribution in [-0.2, 0) is 16.1 Å². The fourth-order valence-electron chi connectivity index (χ4n) is 5.36. The summed E-state index contributed by atoms with van der Waals surface area (Å²) in [4.78, 5) is 33.1. The van der Waals surface area contributed by atoms with Crippen molar-refractivity contribution in [2.45, 2.75) is 46.3 Å². The third kappa shape index (κ3) is 6.72. The van der Waals surface area contributed by atoms with Crippen molar-refractivity contribution in [3.8, 4) is 23.0 Å². The van der Waals surface area contributed by atoms with E-state index in [0.29, 0.717) is 62.2 Å². The predicted octanol–water partition coefficient (Wildman–Crippen LogP) is 5.49. The first-order chi connectivity index (χ1) is 22.3. The van der Waals surface area contributed by atoms with Crippen molar-refractivity contribution >= 4 is 23.4 Å². The summed E-state index contributed by atoms with van der Waals surface area (Å²) >= 11 is 1.26. The van der Waals surface area contributed by atoms with Gasteiger partial charge in [0.25, 0.3) is 5.56 Å². The summed E-state index contributed by atoms with van der Waals surface area (Å²) in [5.41, 5.74) is 4.17. The van der Waals surface area contributed by atoms with Crippen molar-refractivity contribution in [2.75, 3.05) is 27.9 Å². The largest absolute Gasteiger partial charge is 0.497 e. The number of esters is 1. The Labute approximate surface area is 272 Å². The van der Waals surface area contributed by atoms with E-state index in [0.717, 1.165) is 17.5 Å². The number of nitrogens with zero attached hydrogens (tertiary/aromatic N) is 2. The molecule has 0 bridgehead atoms. The molecule has 1 aromatic heterocycles. The SMILES string of the molecule is CCCC1=C(C(=O)OCC)[C@H](c2cc(OC)ccc2OC)n2c(s/c(=C\c3ccc(OCc4ccc(C)cc4)c(OC)c3)c2=O)=N1.